The molecule has 0 aliphatic carbocycles. The van der Waals surface area contributed by atoms with Gasteiger partial charge in [0.05, 0.1) is 11.4 Å². The molecule has 0 aliphatic heterocycles. The Bertz CT molecular complexity index is 1130. The lowest BCUT2D eigenvalue weighted by Crippen LogP contribution is -2.17. The van der Waals surface area contributed by atoms with E-state index in [0.717, 1.165) is 22.8 Å². The molecule has 7 nitrogen and oxygen atoms in total. The third-order valence-corrected chi connectivity index (χ3v) is 5.78. The van der Waals surface area contributed by atoms with E-state index in [9.17, 15) is 4.57 Å². The summed E-state index contributed by atoms with van der Waals surface area (Å²) in [6, 6.07) is 30.3. The van der Waals surface area contributed by atoms with Crippen LogP contribution in [0.25, 0.3) is 0 Å². The van der Waals surface area contributed by atoms with Crippen LogP contribution in [0.5, 0.6) is 0 Å². The van der Waals surface area contributed by atoms with E-state index in [-0.39, 0.29) is 0 Å². The Hall–Kier alpha value is -3.51. The maximum absolute atomic E-state index is 13.2. The number of benzene rings is 2. The minimum Gasteiger partial charge on any atom is -0.355 e. The normalized spacial score (nSPS) is 13.6. The Labute approximate surface area is 200 Å². The van der Waals surface area contributed by atoms with E-state index in [1.54, 1.807) is 0 Å². The van der Waals surface area contributed by atoms with Crippen LogP contribution in [0.1, 0.15) is 35.2 Å². The third kappa shape index (κ3) is 6.75. The molecule has 2 atom stereocenters. The van der Waals surface area contributed by atoms with Crippen LogP contribution < -0.4 is 10.6 Å². The molecule has 8 heteroatoms. The topological polar surface area (TPSA) is 85.4 Å². The fraction of sp³-hybridized carbons (Fsp3) is 0.154. The SMILES string of the molecule is Cc1cccc(C(Nc2ccccc2)O[PH](=O)OC(Nc2ccccc2)c2cccc(C)n2)n1. The largest absolute Gasteiger partial charge is 0.355 e. The number of nitrogens with one attached hydrogen (secondary N) is 2. The molecule has 0 fully saturated rings. The van der Waals surface area contributed by atoms with Crippen LogP contribution in [0.15, 0.2) is 97.1 Å². The minimum atomic E-state index is -3.00. The molecule has 34 heavy (non-hydrogen) atoms. The molecule has 2 aromatic carbocycles. The summed E-state index contributed by atoms with van der Waals surface area (Å²) in [5, 5.41) is 6.50. The van der Waals surface area contributed by atoms with E-state index >= 15 is 0 Å². The molecule has 0 saturated heterocycles. The number of hydrogen-bond donors (Lipinski definition) is 2. The van der Waals surface area contributed by atoms with Gasteiger partial charge in [-0.1, -0.05) is 48.5 Å². The number of aryl methyl sites for hydroxylation is 2. The quantitative estimate of drug-likeness (QED) is 0.202. The van der Waals surface area contributed by atoms with Crippen molar-refractivity contribution < 1.29 is 13.6 Å². The highest BCUT2D eigenvalue weighted by molar-refractivity contribution is 7.33. The first-order chi connectivity index (χ1) is 16.6. The van der Waals surface area contributed by atoms with Gasteiger partial charge in [0.2, 0.25) is 0 Å². The first-order valence-electron chi connectivity index (χ1n) is 10.9. The van der Waals surface area contributed by atoms with Gasteiger partial charge < -0.3 is 10.6 Å². The zero-order valence-electron chi connectivity index (χ0n) is 19.0. The van der Waals surface area contributed by atoms with Crippen molar-refractivity contribution in [2.24, 2.45) is 0 Å². The monoisotopic (exact) mass is 474 g/mol. The highest BCUT2D eigenvalue weighted by atomic mass is 31.1. The van der Waals surface area contributed by atoms with Crippen LogP contribution in [0.2, 0.25) is 0 Å². The van der Waals surface area contributed by atoms with E-state index in [1.165, 1.54) is 0 Å². The van der Waals surface area contributed by atoms with Gasteiger partial charge in [0.25, 0.3) is 0 Å². The summed E-state index contributed by atoms with van der Waals surface area (Å²) in [6.07, 6.45) is -1.53. The number of pyridine rings is 2. The summed E-state index contributed by atoms with van der Waals surface area (Å²) in [5.74, 6) is 0. The van der Waals surface area contributed by atoms with Crippen molar-refractivity contribution in [1.82, 2.24) is 9.97 Å². The van der Waals surface area contributed by atoms with Crippen molar-refractivity contribution in [3.05, 3.63) is 120 Å². The summed E-state index contributed by atoms with van der Waals surface area (Å²) in [4.78, 5) is 9.09. The van der Waals surface area contributed by atoms with Gasteiger partial charge in [-0.2, -0.15) is 0 Å². The number of para-hydroxylation sites is 2. The zero-order valence-corrected chi connectivity index (χ0v) is 20.0. The van der Waals surface area contributed by atoms with Crippen molar-refractivity contribution in [3.63, 3.8) is 0 Å². The standard InChI is InChI=1S/C26H27N4O3P/c1-19-11-9-17-23(27-19)25(29-21-13-5-3-6-14-21)32-34(31)33-26(24-18-10-12-20(2)28-24)30-22-15-7-4-8-16-22/h3-18,25-26,29-30,34H,1-2H3. The summed E-state index contributed by atoms with van der Waals surface area (Å²) in [6.45, 7) is 3.79. The molecule has 0 amide bonds. The van der Waals surface area contributed by atoms with E-state index in [4.69, 9.17) is 9.05 Å². The van der Waals surface area contributed by atoms with Crippen LogP contribution in [0, 0.1) is 13.8 Å². The van der Waals surface area contributed by atoms with E-state index in [2.05, 4.69) is 20.6 Å². The fourth-order valence-corrected chi connectivity index (χ4v) is 4.14. The lowest BCUT2D eigenvalue weighted by Gasteiger charge is -2.23. The van der Waals surface area contributed by atoms with Crippen molar-refractivity contribution in [2.75, 3.05) is 10.6 Å². The van der Waals surface area contributed by atoms with Crippen LogP contribution in [-0.4, -0.2) is 9.97 Å². The van der Waals surface area contributed by atoms with Crippen LogP contribution in [-0.2, 0) is 13.6 Å². The van der Waals surface area contributed by atoms with Crippen molar-refractivity contribution in [1.29, 1.82) is 0 Å². The molecule has 4 rings (SSSR count). The average molecular weight is 475 g/mol. The van der Waals surface area contributed by atoms with E-state index in [1.807, 2.05) is 111 Å². The molecular weight excluding hydrogens is 447 g/mol. The zero-order chi connectivity index (χ0) is 23.8. The summed E-state index contributed by atoms with van der Waals surface area (Å²) >= 11 is 0. The Morgan fingerprint density at radius 3 is 1.41 bits per heavy atom. The van der Waals surface area contributed by atoms with Gasteiger partial charge in [-0.05, 0) is 62.4 Å². The molecule has 0 spiro atoms. The average Bonchev–Trinajstić information content (AvgIpc) is 2.84. The highest BCUT2D eigenvalue weighted by Crippen LogP contribution is 2.38. The third-order valence-electron chi connectivity index (χ3n) is 4.93. The summed E-state index contributed by atoms with van der Waals surface area (Å²) in [7, 11) is -3.00. The fourth-order valence-electron chi connectivity index (χ4n) is 3.34. The second kappa shape index (κ2) is 11.6. The molecule has 2 aromatic heterocycles. The molecule has 0 radical (unpaired) electrons. The molecule has 0 bridgehead atoms. The summed E-state index contributed by atoms with van der Waals surface area (Å²) < 4.78 is 25.0. The Kier molecular flexibility index (Phi) is 8.04. The van der Waals surface area contributed by atoms with Crippen molar-refractivity contribution >= 4 is 19.6 Å². The lowest BCUT2D eigenvalue weighted by molar-refractivity contribution is 0.149. The smallest absolute Gasteiger partial charge is 0.323 e. The van der Waals surface area contributed by atoms with E-state index < -0.39 is 20.7 Å². The predicted octanol–water partition coefficient (Wildman–Crippen LogP) is 6.44. The molecule has 2 N–H and O–H groups in total. The number of hydrogen-bond acceptors (Lipinski definition) is 7. The first-order valence-corrected chi connectivity index (χ1v) is 12.2. The van der Waals surface area contributed by atoms with Crippen molar-refractivity contribution in [3.8, 4) is 0 Å². The number of rotatable bonds is 10. The Morgan fingerprint density at radius 2 is 1.03 bits per heavy atom. The van der Waals surface area contributed by atoms with Crippen LogP contribution in [0.4, 0.5) is 11.4 Å². The summed E-state index contributed by atoms with van der Waals surface area (Å²) in [5.41, 5.74) is 4.48. The molecule has 4 aromatic rings. The van der Waals surface area contributed by atoms with E-state index in [0.29, 0.717) is 11.4 Å². The Balaban J connectivity index is 1.55. The molecule has 2 unspecified atom stereocenters. The molecule has 0 saturated carbocycles. The van der Waals surface area contributed by atoms with Crippen LogP contribution >= 0.6 is 8.25 Å². The maximum Gasteiger partial charge on any atom is 0.323 e. The van der Waals surface area contributed by atoms with Gasteiger partial charge in [0.1, 0.15) is 0 Å². The second-order valence-electron chi connectivity index (χ2n) is 7.67. The van der Waals surface area contributed by atoms with Gasteiger partial charge in [0.15, 0.2) is 12.5 Å². The van der Waals surface area contributed by atoms with Gasteiger partial charge >= 0.3 is 8.25 Å². The number of anilines is 2. The number of aromatic nitrogens is 2. The first kappa shape index (κ1) is 23.6. The number of nitrogens with zero attached hydrogens (tertiary/aromatic N) is 2. The predicted molar refractivity (Wildman–Crippen MR) is 135 cm³/mol. The maximum atomic E-state index is 13.2. The van der Waals surface area contributed by atoms with Crippen LogP contribution in [0.3, 0.4) is 0 Å². The highest BCUT2D eigenvalue weighted by Gasteiger charge is 2.22. The molecule has 0 aliphatic rings. The van der Waals surface area contributed by atoms with Gasteiger partial charge in [0, 0.05) is 22.8 Å². The lowest BCUT2D eigenvalue weighted by atomic mass is 10.2. The molecule has 2 heterocycles. The molecule has 174 valence electrons. The minimum absolute atomic E-state index is 0.604. The van der Waals surface area contributed by atoms with Crippen molar-refractivity contribution in [2.45, 2.75) is 26.3 Å². The molecular formula is C26H27N4O3P. The van der Waals surface area contributed by atoms with Gasteiger partial charge in [-0.15, -0.1) is 0 Å². The second-order valence-corrected chi connectivity index (χ2v) is 8.65. The Morgan fingerprint density at radius 1 is 0.618 bits per heavy atom. The van der Waals surface area contributed by atoms with Gasteiger partial charge in [-0.3, -0.25) is 23.6 Å². The van der Waals surface area contributed by atoms with Gasteiger partial charge in [-0.25, -0.2) is 0 Å².